The van der Waals surface area contributed by atoms with Gasteiger partial charge in [-0.2, -0.15) is 0 Å². The van der Waals surface area contributed by atoms with Crippen LogP contribution in [0.5, 0.6) is 0 Å². The first kappa shape index (κ1) is 19.1. The molecule has 2 aromatic carbocycles. The van der Waals surface area contributed by atoms with Crippen LogP contribution in [0.2, 0.25) is 5.02 Å². The Balaban J connectivity index is 1.31. The summed E-state index contributed by atoms with van der Waals surface area (Å²) < 4.78 is 5.41. The fourth-order valence-corrected chi connectivity index (χ4v) is 5.44. The summed E-state index contributed by atoms with van der Waals surface area (Å²) in [5.41, 5.74) is 2.37. The summed E-state index contributed by atoms with van der Waals surface area (Å²) in [7, 11) is 0. The molecule has 154 valence electrons. The first-order valence-corrected chi connectivity index (χ1v) is 10.5. The van der Waals surface area contributed by atoms with Gasteiger partial charge in [0.05, 0.1) is 11.8 Å². The Labute approximate surface area is 178 Å². The van der Waals surface area contributed by atoms with E-state index in [1.54, 1.807) is 42.5 Å². The molecule has 1 saturated heterocycles. The zero-order valence-corrected chi connectivity index (χ0v) is 17.1. The van der Waals surface area contributed by atoms with Crippen LogP contribution in [0.15, 0.2) is 42.5 Å². The van der Waals surface area contributed by atoms with Crippen LogP contribution in [0.4, 0.5) is 11.4 Å². The second-order valence-electron chi connectivity index (χ2n) is 8.36. The third-order valence-corrected chi connectivity index (χ3v) is 7.10. The van der Waals surface area contributed by atoms with Crippen molar-refractivity contribution >= 4 is 40.8 Å². The van der Waals surface area contributed by atoms with E-state index in [1.165, 1.54) is 0 Å². The monoisotopic (exact) mass is 424 g/mol. The maximum absolute atomic E-state index is 13.0. The number of amides is 2. The number of anilines is 2. The van der Waals surface area contributed by atoms with Crippen LogP contribution in [0, 0.1) is 30.6 Å². The summed E-state index contributed by atoms with van der Waals surface area (Å²) in [6.07, 6.45) is 1.64. The van der Waals surface area contributed by atoms with Gasteiger partial charge in [-0.05, 0) is 61.6 Å². The van der Waals surface area contributed by atoms with Gasteiger partial charge in [0.15, 0.2) is 0 Å². The van der Waals surface area contributed by atoms with Crippen LogP contribution in [0.25, 0.3) is 0 Å². The second kappa shape index (κ2) is 7.13. The molecule has 0 unspecified atom stereocenters. The zero-order chi connectivity index (χ0) is 21.0. The number of hydrogen-bond acceptors (Lipinski definition) is 4. The molecule has 0 spiro atoms. The molecular formula is C23H21ClN2O4. The fraction of sp³-hybridized carbons (Fsp3) is 0.348. The Morgan fingerprint density at radius 3 is 2.73 bits per heavy atom. The highest BCUT2D eigenvalue weighted by Gasteiger charge is 2.63. The van der Waals surface area contributed by atoms with Crippen LogP contribution < -0.4 is 10.6 Å². The van der Waals surface area contributed by atoms with Crippen molar-refractivity contribution in [3.05, 3.63) is 58.6 Å². The van der Waals surface area contributed by atoms with Crippen molar-refractivity contribution in [3.8, 4) is 0 Å². The van der Waals surface area contributed by atoms with E-state index in [0.717, 1.165) is 18.4 Å². The summed E-state index contributed by atoms with van der Waals surface area (Å²) >= 11 is 6.12. The molecule has 3 aliphatic rings. The summed E-state index contributed by atoms with van der Waals surface area (Å²) in [5, 5.41) is 6.34. The van der Waals surface area contributed by atoms with Crippen molar-refractivity contribution in [2.75, 3.05) is 10.6 Å². The molecule has 2 aromatic rings. The Morgan fingerprint density at radius 1 is 1.10 bits per heavy atom. The van der Waals surface area contributed by atoms with E-state index < -0.39 is 0 Å². The number of halogens is 1. The minimum absolute atomic E-state index is 0.00137. The number of rotatable bonds is 4. The normalized spacial score (nSPS) is 28.3. The zero-order valence-electron chi connectivity index (χ0n) is 16.4. The SMILES string of the molecule is Cc1c(Cl)cccc1NC(=O)c1cccc(NC(=O)[C@@H]2[C@@H]3C[C@H]4[C@H]2C(=O)O[C@@H]4C3)c1. The first-order chi connectivity index (χ1) is 14.4. The lowest BCUT2D eigenvalue weighted by molar-refractivity contribution is -0.145. The Hall–Kier alpha value is -2.86. The van der Waals surface area contributed by atoms with Crippen LogP contribution >= 0.6 is 11.6 Å². The van der Waals surface area contributed by atoms with Gasteiger partial charge in [0, 0.05) is 27.9 Å². The lowest BCUT2D eigenvalue weighted by Gasteiger charge is -2.23. The van der Waals surface area contributed by atoms with Crippen LogP contribution in [-0.2, 0) is 14.3 Å². The topological polar surface area (TPSA) is 84.5 Å². The number of ether oxygens (including phenoxy) is 1. The minimum Gasteiger partial charge on any atom is -0.462 e. The van der Waals surface area contributed by atoms with E-state index in [1.807, 2.05) is 6.92 Å². The van der Waals surface area contributed by atoms with E-state index in [9.17, 15) is 14.4 Å². The standard InChI is InChI=1S/C23H21ClN2O4/c1-11-16(24)6-3-7-17(11)26-21(27)12-4-2-5-14(8-12)25-22(28)19-13-9-15-18(10-13)30-23(29)20(15)19/h2-8,13,15,18-20H,9-10H2,1H3,(H,25,28)(H,26,27)/t13-,15-,18-,19-,20-/m1/s1. The largest absolute Gasteiger partial charge is 0.462 e. The van der Waals surface area contributed by atoms with Gasteiger partial charge in [-0.15, -0.1) is 0 Å². The van der Waals surface area contributed by atoms with Crippen molar-refractivity contribution in [1.29, 1.82) is 0 Å². The first-order valence-electron chi connectivity index (χ1n) is 10.1. The maximum atomic E-state index is 13.0. The van der Waals surface area contributed by atoms with Crippen LogP contribution in [0.1, 0.15) is 28.8 Å². The highest BCUT2D eigenvalue weighted by Crippen LogP contribution is 2.57. The molecule has 2 amide bonds. The van der Waals surface area contributed by atoms with E-state index in [2.05, 4.69) is 10.6 Å². The van der Waals surface area contributed by atoms with Crippen molar-refractivity contribution in [1.82, 2.24) is 0 Å². The Bertz CT molecular complexity index is 1070. The third kappa shape index (κ3) is 3.06. The highest BCUT2D eigenvalue weighted by molar-refractivity contribution is 6.31. The molecule has 7 heteroatoms. The molecule has 1 aliphatic heterocycles. The van der Waals surface area contributed by atoms with Crippen LogP contribution in [0.3, 0.4) is 0 Å². The summed E-state index contributed by atoms with van der Waals surface area (Å²) in [6, 6.07) is 12.1. The molecule has 6 nitrogen and oxygen atoms in total. The molecule has 2 bridgehead atoms. The molecular weight excluding hydrogens is 404 g/mol. The number of hydrogen-bond donors (Lipinski definition) is 2. The Morgan fingerprint density at radius 2 is 1.90 bits per heavy atom. The van der Waals surface area contributed by atoms with Gasteiger partial charge in [-0.25, -0.2) is 0 Å². The molecule has 1 heterocycles. The lowest BCUT2D eigenvalue weighted by Crippen LogP contribution is -2.35. The van der Waals surface area contributed by atoms with Gasteiger partial charge in [0.1, 0.15) is 6.10 Å². The molecule has 0 aromatic heterocycles. The third-order valence-electron chi connectivity index (χ3n) is 6.69. The molecule has 3 fully saturated rings. The van der Waals surface area contributed by atoms with Crippen molar-refractivity contribution in [2.45, 2.75) is 25.9 Å². The fourth-order valence-electron chi connectivity index (χ4n) is 5.26. The predicted molar refractivity (Wildman–Crippen MR) is 112 cm³/mol. The summed E-state index contributed by atoms with van der Waals surface area (Å²) in [6.45, 7) is 1.84. The maximum Gasteiger partial charge on any atom is 0.310 e. The molecule has 2 saturated carbocycles. The second-order valence-corrected chi connectivity index (χ2v) is 8.77. The van der Waals surface area contributed by atoms with Gasteiger partial charge in [0.25, 0.3) is 5.91 Å². The Kier molecular flexibility index (Phi) is 4.54. The van der Waals surface area contributed by atoms with Gasteiger partial charge in [-0.1, -0.05) is 23.7 Å². The van der Waals surface area contributed by atoms with E-state index in [-0.39, 0.29) is 47.6 Å². The van der Waals surface area contributed by atoms with Gasteiger partial charge in [-0.3, -0.25) is 14.4 Å². The van der Waals surface area contributed by atoms with Gasteiger partial charge >= 0.3 is 5.97 Å². The molecule has 2 N–H and O–H groups in total. The van der Waals surface area contributed by atoms with Crippen molar-refractivity contribution in [2.24, 2.45) is 23.7 Å². The molecule has 0 radical (unpaired) electrons. The van der Waals surface area contributed by atoms with E-state index in [4.69, 9.17) is 16.3 Å². The molecule has 30 heavy (non-hydrogen) atoms. The lowest BCUT2D eigenvalue weighted by atomic mass is 9.79. The molecule has 5 rings (SSSR count). The van der Waals surface area contributed by atoms with Crippen molar-refractivity contribution in [3.63, 3.8) is 0 Å². The number of carbonyl (C=O) groups is 3. The number of benzene rings is 2. The quantitative estimate of drug-likeness (QED) is 0.725. The minimum atomic E-state index is -0.354. The average molecular weight is 425 g/mol. The van der Waals surface area contributed by atoms with Gasteiger partial charge in [0.2, 0.25) is 5.91 Å². The summed E-state index contributed by atoms with van der Waals surface area (Å²) in [4.78, 5) is 37.8. The van der Waals surface area contributed by atoms with Crippen molar-refractivity contribution < 1.29 is 19.1 Å². The molecule has 5 atom stereocenters. The number of carbonyl (C=O) groups excluding carboxylic acids is 3. The molecule has 2 aliphatic carbocycles. The highest BCUT2D eigenvalue weighted by atomic mass is 35.5. The van der Waals surface area contributed by atoms with Crippen LogP contribution in [-0.4, -0.2) is 23.9 Å². The smallest absolute Gasteiger partial charge is 0.310 e. The summed E-state index contributed by atoms with van der Waals surface area (Å²) in [5.74, 6) is -1.02. The van der Waals surface area contributed by atoms with E-state index in [0.29, 0.717) is 22.0 Å². The predicted octanol–water partition coefficient (Wildman–Crippen LogP) is 4.04. The number of esters is 1. The number of nitrogens with one attached hydrogen (secondary N) is 2. The number of fused-ring (bicyclic) bond motifs is 1. The van der Waals surface area contributed by atoms with Gasteiger partial charge < -0.3 is 15.4 Å². The average Bonchev–Trinajstić information content (AvgIpc) is 3.34. The van der Waals surface area contributed by atoms with E-state index >= 15 is 0 Å².